The summed E-state index contributed by atoms with van der Waals surface area (Å²) in [6.45, 7) is 7.19. The summed E-state index contributed by atoms with van der Waals surface area (Å²) in [5.41, 5.74) is 2.57. The van der Waals surface area contributed by atoms with E-state index >= 15 is 0 Å². The van der Waals surface area contributed by atoms with Crippen LogP contribution in [0.5, 0.6) is 0 Å². The molecule has 2 heterocycles. The van der Waals surface area contributed by atoms with E-state index in [0.29, 0.717) is 5.95 Å². The zero-order chi connectivity index (χ0) is 15.4. The van der Waals surface area contributed by atoms with Gasteiger partial charge < -0.3 is 9.80 Å². The number of nitrogens with zero attached hydrogens (tertiary/aromatic N) is 4. The van der Waals surface area contributed by atoms with Crippen LogP contribution in [0.15, 0.2) is 6.07 Å². The summed E-state index contributed by atoms with van der Waals surface area (Å²) in [5, 5.41) is 1.11. The summed E-state index contributed by atoms with van der Waals surface area (Å²) in [6.07, 6.45) is 1.10. The molecule has 0 aliphatic rings. The van der Waals surface area contributed by atoms with Crippen molar-refractivity contribution < 1.29 is 0 Å². The van der Waals surface area contributed by atoms with Crippen molar-refractivity contribution in [3.05, 3.63) is 10.9 Å². The van der Waals surface area contributed by atoms with Crippen LogP contribution in [0, 0.1) is 6.92 Å². The van der Waals surface area contributed by atoms with Crippen molar-refractivity contribution in [1.29, 1.82) is 0 Å². The predicted octanol–water partition coefficient (Wildman–Crippen LogP) is 2.06. The summed E-state index contributed by atoms with van der Waals surface area (Å²) >= 11 is 1.67. The van der Waals surface area contributed by atoms with Gasteiger partial charge in [-0.05, 0) is 47.0 Å². The molecule has 7 heteroatoms. The van der Waals surface area contributed by atoms with Crippen molar-refractivity contribution in [3.63, 3.8) is 0 Å². The Hall–Kier alpha value is -1.44. The highest BCUT2D eigenvalue weighted by Crippen LogP contribution is 2.31. The van der Waals surface area contributed by atoms with E-state index in [4.69, 9.17) is 5.84 Å². The first-order valence-electron chi connectivity index (χ1n) is 7.19. The normalized spacial score (nSPS) is 11.3. The van der Waals surface area contributed by atoms with E-state index in [1.807, 2.05) is 0 Å². The van der Waals surface area contributed by atoms with E-state index in [0.717, 1.165) is 42.1 Å². The molecule has 0 saturated heterocycles. The fraction of sp³-hybridized carbons (Fsp3) is 0.571. The minimum Gasteiger partial charge on any atom is -0.356 e. The zero-order valence-electron chi connectivity index (χ0n) is 13.2. The number of nitrogens with one attached hydrogen (secondary N) is 1. The third-order valence-corrected chi connectivity index (χ3v) is 4.28. The van der Waals surface area contributed by atoms with E-state index in [9.17, 15) is 0 Å². The van der Waals surface area contributed by atoms with E-state index in [-0.39, 0.29) is 0 Å². The van der Waals surface area contributed by atoms with Crippen LogP contribution in [0.2, 0.25) is 0 Å². The van der Waals surface area contributed by atoms with Crippen LogP contribution in [0.1, 0.15) is 18.2 Å². The smallest absolute Gasteiger partial charge is 0.240 e. The molecule has 0 aliphatic heterocycles. The molecule has 3 N–H and O–H groups in total. The van der Waals surface area contributed by atoms with Crippen molar-refractivity contribution in [2.75, 3.05) is 44.1 Å². The van der Waals surface area contributed by atoms with Gasteiger partial charge in [0.1, 0.15) is 10.6 Å². The number of hydrazine groups is 1. The lowest BCUT2D eigenvalue weighted by atomic mass is 10.3. The first kappa shape index (κ1) is 15.9. The highest BCUT2D eigenvalue weighted by atomic mass is 32.1. The summed E-state index contributed by atoms with van der Waals surface area (Å²) in [5.74, 6) is 6.95. The number of aromatic nitrogens is 2. The summed E-state index contributed by atoms with van der Waals surface area (Å²) < 4.78 is 0. The molecular weight excluding hydrogens is 284 g/mol. The quantitative estimate of drug-likeness (QED) is 0.603. The summed E-state index contributed by atoms with van der Waals surface area (Å²) in [7, 11) is 4.19. The van der Waals surface area contributed by atoms with Crippen molar-refractivity contribution in [1.82, 2.24) is 14.9 Å². The number of nitrogens with two attached hydrogens (primary N) is 1. The molecule has 21 heavy (non-hydrogen) atoms. The Morgan fingerprint density at radius 2 is 2.05 bits per heavy atom. The van der Waals surface area contributed by atoms with E-state index in [1.165, 1.54) is 4.88 Å². The van der Waals surface area contributed by atoms with Crippen LogP contribution in [-0.2, 0) is 0 Å². The standard InChI is InChI=1S/C14H24N6S/c1-5-20(8-6-7-19(3)4)12-11-9-10(2)21-13(11)17-14(16-12)18-15/h9H,5-8,15H2,1-4H3,(H,16,17,18). The maximum absolute atomic E-state index is 5.50. The molecule has 0 bridgehead atoms. The van der Waals surface area contributed by atoms with Crippen molar-refractivity contribution in [2.24, 2.45) is 5.84 Å². The number of aryl methyl sites for hydroxylation is 1. The topological polar surface area (TPSA) is 70.3 Å². The Bertz CT molecular complexity index is 594. The van der Waals surface area contributed by atoms with E-state index in [2.05, 4.69) is 59.2 Å². The molecule has 0 unspecified atom stereocenters. The molecule has 0 aliphatic carbocycles. The SMILES string of the molecule is CCN(CCCN(C)C)c1nc(NN)nc2sc(C)cc12. The van der Waals surface area contributed by atoms with Crippen LogP contribution in [0.3, 0.4) is 0 Å². The molecule has 2 aromatic heterocycles. The van der Waals surface area contributed by atoms with Gasteiger partial charge in [-0.3, -0.25) is 5.43 Å². The minimum atomic E-state index is 0.477. The van der Waals surface area contributed by atoms with Gasteiger partial charge in [0.2, 0.25) is 5.95 Å². The zero-order valence-corrected chi connectivity index (χ0v) is 14.0. The van der Waals surface area contributed by atoms with Gasteiger partial charge in [0, 0.05) is 18.0 Å². The highest BCUT2D eigenvalue weighted by Gasteiger charge is 2.15. The Balaban J connectivity index is 2.32. The van der Waals surface area contributed by atoms with Gasteiger partial charge in [0.25, 0.3) is 0 Å². The van der Waals surface area contributed by atoms with Gasteiger partial charge >= 0.3 is 0 Å². The van der Waals surface area contributed by atoms with Crippen LogP contribution in [0.25, 0.3) is 10.2 Å². The Labute approximate surface area is 129 Å². The van der Waals surface area contributed by atoms with Gasteiger partial charge in [-0.15, -0.1) is 11.3 Å². The maximum Gasteiger partial charge on any atom is 0.240 e. The number of hydrogen-bond donors (Lipinski definition) is 2. The van der Waals surface area contributed by atoms with Crippen molar-refractivity contribution >= 4 is 33.3 Å². The van der Waals surface area contributed by atoms with E-state index < -0.39 is 0 Å². The number of fused-ring (bicyclic) bond motifs is 1. The molecule has 2 aromatic rings. The van der Waals surface area contributed by atoms with Gasteiger partial charge in [-0.25, -0.2) is 10.8 Å². The third kappa shape index (κ3) is 3.81. The van der Waals surface area contributed by atoms with Crippen molar-refractivity contribution in [2.45, 2.75) is 20.3 Å². The molecular formula is C14H24N6S. The molecule has 0 atom stereocenters. The van der Waals surface area contributed by atoms with Crippen LogP contribution >= 0.6 is 11.3 Å². The van der Waals surface area contributed by atoms with Gasteiger partial charge in [0.15, 0.2) is 0 Å². The Kier molecular flexibility index (Phi) is 5.33. The Morgan fingerprint density at radius 1 is 1.29 bits per heavy atom. The lowest BCUT2D eigenvalue weighted by Crippen LogP contribution is -2.28. The summed E-state index contributed by atoms with van der Waals surface area (Å²) in [4.78, 5) is 15.7. The fourth-order valence-electron chi connectivity index (χ4n) is 2.32. The average molecular weight is 308 g/mol. The predicted molar refractivity (Wildman–Crippen MR) is 91.0 cm³/mol. The third-order valence-electron chi connectivity index (χ3n) is 3.34. The van der Waals surface area contributed by atoms with Crippen LogP contribution in [-0.4, -0.2) is 48.6 Å². The number of anilines is 2. The first-order valence-corrected chi connectivity index (χ1v) is 8.01. The van der Waals surface area contributed by atoms with Crippen molar-refractivity contribution in [3.8, 4) is 0 Å². The fourth-order valence-corrected chi connectivity index (χ4v) is 3.20. The molecule has 116 valence electrons. The Morgan fingerprint density at radius 3 is 2.67 bits per heavy atom. The van der Waals surface area contributed by atoms with Gasteiger partial charge in [-0.2, -0.15) is 4.98 Å². The molecule has 2 rings (SSSR count). The molecule has 0 radical (unpaired) electrons. The second-order valence-corrected chi connectivity index (χ2v) is 6.56. The number of thiophene rings is 1. The summed E-state index contributed by atoms with van der Waals surface area (Å²) in [6, 6.07) is 2.16. The van der Waals surface area contributed by atoms with Crippen LogP contribution < -0.4 is 16.2 Å². The minimum absolute atomic E-state index is 0.477. The molecule has 0 saturated carbocycles. The first-order chi connectivity index (χ1) is 10.0. The van der Waals surface area contributed by atoms with Gasteiger partial charge in [-0.1, -0.05) is 0 Å². The number of nitrogen functional groups attached to an aromatic ring is 1. The van der Waals surface area contributed by atoms with Crippen LogP contribution in [0.4, 0.5) is 11.8 Å². The number of hydrogen-bond acceptors (Lipinski definition) is 7. The highest BCUT2D eigenvalue weighted by molar-refractivity contribution is 7.18. The molecule has 0 fully saturated rings. The molecule has 0 aromatic carbocycles. The second-order valence-electron chi connectivity index (χ2n) is 5.33. The molecule has 0 spiro atoms. The van der Waals surface area contributed by atoms with Gasteiger partial charge in [0.05, 0.1) is 5.39 Å². The lowest BCUT2D eigenvalue weighted by molar-refractivity contribution is 0.400. The largest absolute Gasteiger partial charge is 0.356 e. The lowest BCUT2D eigenvalue weighted by Gasteiger charge is -2.23. The molecule has 0 amide bonds. The number of rotatable bonds is 7. The monoisotopic (exact) mass is 308 g/mol. The molecule has 6 nitrogen and oxygen atoms in total. The average Bonchev–Trinajstić information content (AvgIpc) is 2.82. The van der Waals surface area contributed by atoms with E-state index in [1.54, 1.807) is 11.3 Å². The second kappa shape index (κ2) is 7.02. The maximum atomic E-state index is 5.50.